The number of nitrogens with zero attached hydrogens (tertiary/aromatic N) is 1. The van der Waals surface area contributed by atoms with E-state index < -0.39 is 0 Å². The second-order valence-electron chi connectivity index (χ2n) is 4.56. The Kier molecular flexibility index (Phi) is 4.40. The monoisotopic (exact) mass is 235 g/mol. The number of ether oxygens (including phenoxy) is 1. The summed E-state index contributed by atoms with van der Waals surface area (Å²) in [6, 6.07) is 7.58. The zero-order chi connectivity index (χ0) is 12.1. The standard InChI is InChI=1S/C14H21NO2/c1-2-17-13-7-9-15(10-8-13)11-12-5-3-4-6-14(12)16/h3-6,13,16H,2,7-11H2,1H3. The lowest BCUT2D eigenvalue weighted by atomic mass is 10.1. The van der Waals surface area contributed by atoms with E-state index >= 15 is 0 Å². The third kappa shape index (κ3) is 3.45. The molecule has 0 amide bonds. The molecule has 3 nitrogen and oxygen atoms in total. The minimum atomic E-state index is 0.402. The summed E-state index contributed by atoms with van der Waals surface area (Å²) < 4.78 is 5.63. The lowest BCUT2D eigenvalue weighted by Gasteiger charge is -2.31. The van der Waals surface area contributed by atoms with Crippen LogP contribution in [0.2, 0.25) is 0 Å². The molecule has 2 rings (SSSR count). The van der Waals surface area contributed by atoms with Gasteiger partial charge in [0.25, 0.3) is 0 Å². The first-order chi connectivity index (χ1) is 8.29. The summed E-state index contributed by atoms with van der Waals surface area (Å²) >= 11 is 0. The van der Waals surface area contributed by atoms with Crippen LogP contribution >= 0.6 is 0 Å². The topological polar surface area (TPSA) is 32.7 Å². The molecular weight excluding hydrogens is 214 g/mol. The molecule has 1 heterocycles. The van der Waals surface area contributed by atoms with E-state index in [9.17, 15) is 5.11 Å². The van der Waals surface area contributed by atoms with Gasteiger partial charge in [-0.3, -0.25) is 4.90 Å². The van der Waals surface area contributed by atoms with Crippen LogP contribution in [0.5, 0.6) is 5.75 Å². The van der Waals surface area contributed by atoms with Gasteiger partial charge in [-0.25, -0.2) is 0 Å². The highest BCUT2D eigenvalue weighted by Crippen LogP contribution is 2.21. The van der Waals surface area contributed by atoms with Crippen molar-refractivity contribution in [3.8, 4) is 5.75 Å². The fourth-order valence-electron chi connectivity index (χ4n) is 2.36. The van der Waals surface area contributed by atoms with Crippen LogP contribution in [0.1, 0.15) is 25.3 Å². The van der Waals surface area contributed by atoms with Crippen LogP contribution in [-0.4, -0.2) is 35.8 Å². The van der Waals surface area contributed by atoms with Crippen molar-refractivity contribution in [2.45, 2.75) is 32.4 Å². The van der Waals surface area contributed by atoms with Crippen LogP contribution in [0.15, 0.2) is 24.3 Å². The van der Waals surface area contributed by atoms with Crippen LogP contribution in [-0.2, 0) is 11.3 Å². The minimum Gasteiger partial charge on any atom is -0.508 e. The zero-order valence-electron chi connectivity index (χ0n) is 10.4. The van der Waals surface area contributed by atoms with Crippen molar-refractivity contribution in [2.24, 2.45) is 0 Å². The summed E-state index contributed by atoms with van der Waals surface area (Å²) in [5, 5.41) is 9.73. The Hall–Kier alpha value is -1.06. The number of aromatic hydroxyl groups is 1. The molecule has 0 aromatic heterocycles. The second kappa shape index (κ2) is 6.03. The molecule has 0 saturated carbocycles. The fourth-order valence-corrected chi connectivity index (χ4v) is 2.36. The summed E-state index contributed by atoms with van der Waals surface area (Å²) in [4.78, 5) is 2.38. The highest BCUT2D eigenvalue weighted by Gasteiger charge is 2.19. The van der Waals surface area contributed by atoms with Gasteiger partial charge in [0.05, 0.1) is 6.10 Å². The first kappa shape index (κ1) is 12.4. The van der Waals surface area contributed by atoms with Crippen LogP contribution < -0.4 is 0 Å². The van der Waals surface area contributed by atoms with E-state index in [4.69, 9.17) is 4.74 Å². The lowest BCUT2D eigenvalue weighted by Crippen LogP contribution is -2.36. The predicted octanol–water partition coefficient (Wildman–Crippen LogP) is 2.39. The van der Waals surface area contributed by atoms with E-state index in [1.54, 1.807) is 6.07 Å². The van der Waals surface area contributed by atoms with Crippen molar-refractivity contribution in [1.82, 2.24) is 4.90 Å². The molecule has 1 saturated heterocycles. The van der Waals surface area contributed by atoms with E-state index in [1.807, 2.05) is 25.1 Å². The molecule has 3 heteroatoms. The molecule has 1 N–H and O–H groups in total. The number of hydrogen-bond donors (Lipinski definition) is 1. The van der Waals surface area contributed by atoms with Crippen molar-refractivity contribution in [1.29, 1.82) is 0 Å². The van der Waals surface area contributed by atoms with E-state index in [1.165, 1.54) is 0 Å². The Morgan fingerprint density at radius 1 is 1.29 bits per heavy atom. The molecule has 0 aliphatic carbocycles. The average Bonchev–Trinajstić information content (AvgIpc) is 2.35. The third-order valence-electron chi connectivity index (χ3n) is 3.32. The molecule has 1 aromatic rings. The van der Waals surface area contributed by atoms with Crippen molar-refractivity contribution >= 4 is 0 Å². The van der Waals surface area contributed by atoms with Gasteiger partial charge in [0.1, 0.15) is 5.75 Å². The lowest BCUT2D eigenvalue weighted by molar-refractivity contribution is 0.0124. The Balaban J connectivity index is 1.84. The van der Waals surface area contributed by atoms with Crippen LogP contribution in [0, 0.1) is 0 Å². The Morgan fingerprint density at radius 3 is 2.65 bits per heavy atom. The Morgan fingerprint density at radius 2 is 2.00 bits per heavy atom. The molecule has 0 bridgehead atoms. The molecule has 1 fully saturated rings. The molecule has 94 valence electrons. The molecule has 0 atom stereocenters. The van der Waals surface area contributed by atoms with Gasteiger partial charge >= 0.3 is 0 Å². The largest absolute Gasteiger partial charge is 0.508 e. The first-order valence-corrected chi connectivity index (χ1v) is 6.40. The van der Waals surface area contributed by atoms with Crippen molar-refractivity contribution in [3.63, 3.8) is 0 Å². The van der Waals surface area contributed by atoms with E-state index in [2.05, 4.69) is 4.90 Å². The summed E-state index contributed by atoms with van der Waals surface area (Å²) in [6.45, 7) is 5.81. The quantitative estimate of drug-likeness (QED) is 0.869. The summed E-state index contributed by atoms with van der Waals surface area (Å²) in [7, 11) is 0. The molecule has 17 heavy (non-hydrogen) atoms. The van der Waals surface area contributed by atoms with Gasteiger partial charge < -0.3 is 9.84 Å². The molecule has 0 spiro atoms. The van der Waals surface area contributed by atoms with Crippen LogP contribution in [0.3, 0.4) is 0 Å². The molecule has 1 aliphatic heterocycles. The summed E-state index contributed by atoms with van der Waals surface area (Å²) in [5.74, 6) is 0.402. The Bertz CT molecular complexity index is 346. The van der Waals surface area contributed by atoms with Gasteiger partial charge in [-0.2, -0.15) is 0 Å². The highest BCUT2D eigenvalue weighted by atomic mass is 16.5. The first-order valence-electron chi connectivity index (χ1n) is 6.40. The van der Waals surface area contributed by atoms with Crippen molar-refractivity contribution in [2.75, 3.05) is 19.7 Å². The van der Waals surface area contributed by atoms with Crippen molar-refractivity contribution < 1.29 is 9.84 Å². The Labute approximate surface area is 103 Å². The van der Waals surface area contributed by atoms with Crippen LogP contribution in [0.25, 0.3) is 0 Å². The number of likely N-dealkylation sites (tertiary alicyclic amines) is 1. The summed E-state index contributed by atoms with van der Waals surface area (Å²) in [6.07, 6.45) is 2.63. The zero-order valence-corrected chi connectivity index (χ0v) is 10.4. The van der Waals surface area contributed by atoms with Gasteiger partial charge in [0, 0.05) is 31.8 Å². The highest BCUT2D eigenvalue weighted by molar-refractivity contribution is 5.31. The van der Waals surface area contributed by atoms with E-state index in [-0.39, 0.29) is 0 Å². The number of phenols is 1. The van der Waals surface area contributed by atoms with Crippen LogP contribution in [0.4, 0.5) is 0 Å². The van der Waals surface area contributed by atoms with E-state index in [0.717, 1.165) is 44.6 Å². The fraction of sp³-hybridized carbons (Fsp3) is 0.571. The van der Waals surface area contributed by atoms with Gasteiger partial charge in [-0.1, -0.05) is 18.2 Å². The summed E-state index contributed by atoms with van der Waals surface area (Å²) in [5.41, 5.74) is 1.02. The maximum absolute atomic E-state index is 9.73. The molecule has 1 aromatic carbocycles. The smallest absolute Gasteiger partial charge is 0.120 e. The number of hydrogen-bond acceptors (Lipinski definition) is 3. The van der Waals surface area contributed by atoms with E-state index in [0.29, 0.717) is 11.9 Å². The van der Waals surface area contributed by atoms with Gasteiger partial charge in [0.2, 0.25) is 0 Å². The SMILES string of the molecule is CCOC1CCN(Cc2ccccc2O)CC1. The normalized spacial score (nSPS) is 18.4. The molecule has 0 radical (unpaired) electrons. The molecule has 1 aliphatic rings. The van der Waals surface area contributed by atoms with Crippen molar-refractivity contribution in [3.05, 3.63) is 29.8 Å². The predicted molar refractivity (Wildman–Crippen MR) is 68.0 cm³/mol. The number of piperidine rings is 1. The number of para-hydroxylation sites is 1. The molecular formula is C14H21NO2. The van der Waals surface area contributed by atoms with Gasteiger partial charge in [-0.15, -0.1) is 0 Å². The number of benzene rings is 1. The maximum Gasteiger partial charge on any atom is 0.120 e. The average molecular weight is 235 g/mol. The maximum atomic E-state index is 9.73. The second-order valence-corrected chi connectivity index (χ2v) is 4.56. The third-order valence-corrected chi connectivity index (χ3v) is 3.32. The minimum absolute atomic E-state index is 0.402. The van der Waals surface area contributed by atoms with Gasteiger partial charge in [0.15, 0.2) is 0 Å². The van der Waals surface area contributed by atoms with Gasteiger partial charge in [-0.05, 0) is 25.8 Å². The number of rotatable bonds is 4. The number of phenolic OH excluding ortho intramolecular Hbond substituents is 1. The molecule has 0 unspecified atom stereocenters.